The smallest absolute Gasteiger partial charge is 0.344 e. The first-order valence-corrected chi connectivity index (χ1v) is 8.02. The fraction of sp³-hybridized carbons (Fsp3) is 0.438. The van der Waals surface area contributed by atoms with Gasteiger partial charge >= 0.3 is 11.9 Å². The Hall–Kier alpha value is -1.89. The van der Waals surface area contributed by atoms with Gasteiger partial charge in [-0.05, 0) is 31.5 Å². The Kier molecular flexibility index (Phi) is 7.22. The molecule has 0 unspecified atom stereocenters. The van der Waals surface area contributed by atoms with Crippen molar-refractivity contribution in [1.29, 1.82) is 0 Å². The summed E-state index contributed by atoms with van der Waals surface area (Å²) >= 11 is 3.32. The Morgan fingerprint density at radius 2 is 1.52 bits per heavy atom. The van der Waals surface area contributed by atoms with E-state index in [1.807, 2.05) is 0 Å². The molecular weight excluding hydrogens is 366 g/mol. The summed E-state index contributed by atoms with van der Waals surface area (Å²) < 4.78 is 10.9. The van der Waals surface area contributed by atoms with Crippen LogP contribution in [0.1, 0.15) is 26.3 Å². The third kappa shape index (κ3) is 5.06. The molecule has 0 aliphatic heterocycles. The second-order valence-electron chi connectivity index (χ2n) is 4.83. The van der Waals surface area contributed by atoms with Crippen LogP contribution in [-0.4, -0.2) is 36.6 Å². The standard InChI is InChI=1S/C16H20BrNO5/c1-4-22-14(20)16(18-11(3)19,15(21)23-5-2)10-12-6-8-13(17)9-7-12/h6-9H,4-5,10H2,1-3H3,(H,18,19). The normalized spacial score (nSPS) is 10.8. The fourth-order valence-corrected chi connectivity index (χ4v) is 2.36. The summed E-state index contributed by atoms with van der Waals surface area (Å²) in [6.07, 6.45) is -0.0580. The number of hydrogen-bond acceptors (Lipinski definition) is 5. The zero-order valence-corrected chi connectivity index (χ0v) is 14.9. The molecule has 0 aliphatic rings. The molecular formula is C16H20BrNO5. The van der Waals surface area contributed by atoms with Gasteiger partial charge in [0.2, 0.25) is 11.4 Å². The zero-order chi connectivity index (χ0) is 17.5. The van der Waals surface area contributed by atoms with Gasteiger partial charge in [0.15, 0.2) is 0 Å². The van der Waals surface area contributed by atoms with Crippen LogP contribution in [0.3, 0.4) is 0 Å². The van der Waals surface area contributed by atoms with Crippen LogP contribution < -0.4 is 5.32 Å². The Balaban J connectivity index is 3.28. The van der Waals surface area contributed by atoms with E-state index in [9.17, 15) is 14.4 Å². The van der Waals surface area contributed by atoms with Crippen molar-refractivity contribution in [1.82, 2.24) is 5.32 Å². The number of carbonyl (C=O) groups excluding carboxylic acids is 3. The minimum atomic E-state index is -1.90. The second kappa shape index (κ2) is 8.67. The lowest BCUT2D eigenvalue weighted by Gasteiger charge is -2.29. The van der Waals surface area contributed by atoms with Gasteiger partial charge in [-0.2, -0.15) is 0 Å². The van der Waals surface area contributed by atoms with Gasteiger partial charge in [0, 0.05) is 17.8 Å². The first-order chi connectivity index (χ1) is 10.9. The van der Waals surface area contributed by atoms with Crippen molar-refractivity contribution < 1.29 is 23.9 Å². The quantitative estimate of drug-likeness (QED) is 0.573. The SMILES string of the molecule is CCOC(=O)C(Cc1ccc(Br)cc1)(NC(C)=O)C(=O)OCC. The third-order valence-corrected chi connectivity index (χ3v) is 3.55. The second-order valence-corrected chi connectivity index (χ2v) is 5.75. The van der Waals surface area contributed by atoms with Gasteiger partial charge in [-0.25, -0.2) is 9.59 Å². The van der Waals surface area contributed by atoms with E-state index in [4.69, 9.17) is 9.47 Å². The highest BCUT2D eigenvalue weighted by Crippen LogP contribution is 2.20. The van der Waals surface area contributed by atoms with Crippen molar-refractivity contribution in [3.05, 3.63) is 34.3 Å². The first-order valence-electron chi connectivity index (χ1n) is 7.23. The van der Waals surface area contributed by atoms with Gasteiger partial charge in [0.1, 0.15) is 0 Å². The van der Waals surface area contributed by atoms with E-state index in [1.54, 1.807) is 38.1 Å². The molecule has 0 radical (unpaired) electrons. The van der Waals surface area contributed by atoms with Gasteiger partial charge in [-0.1, -0.05) is 28.1 Å². The highest BCUT2D eigenvalue weighted by atomic mass is 79.9. The largest absolute Gasteiger partial charge is 0.464 e. The lowest BCUT2D eigenvalue weighted by molar-refractivity contribution is -0.168. The van der Waals surface area contributed by atoms with Crippen LogP contribution in [-0.2, 0) is 30.3 Å². The number of hydrogen-bond donors (Lipinski definition) is 1. The summed E-state index contributed by atoms with van der Waals surface area (Å²) in [5, 5.41) is 2.43. The molecule has 0 spiro atoms. The van der Waals surface area contributed by atoms with Gasteiger partial charge < -0.3 is 14.8 Å². The van der Waals surface area contributed by atoms with E-state index in [0.717, 1.165) is 4.47 Å². The number of amides is 1. The summed E-state index contributed by atoms with van der Waals surface area (Å²) in [5.74, 6) is -2.20. The Labute approximate surface area is 143 Å². The monoisotopic (exact) mass is 385 g/mol. The molecule has 1 amide bonds. The van der Waals surface area contributed by atoms with Gasteiger partial charge in [0.05, 0.1) is 13.2 Å². The zero-order valence-electron chi connectivity index (χ0n) is 13.3. The van der Waals surface area contributed by atoms with Crippen molar-refractivity contribution in [3.8, 4) is 0 Å². The highest BCUT2D eigenvalue weighted by molar-refractivity contribution is 9.10. The average Bonchev–Trinajstić information content (AvgIpc) is 2.48. The molecule has 23 heavy (non-hydrogen) atoms. The van der Waals surface area contributed by atoms with Crippen molar-refractivity contribution >= 4 is 33.8 Å². The number of halogens is 1. The van der Waals surface area contributed by atoms with Crippen LogP contribution in [0.15, 0.2) is 28.7 Å². The molecule has 1 rings (SSSR count). The molecule has 0 aromatic heterocycles. The minimum Gasteiger partial charge on any atom is -0.464 e. The predicted octanol–water partition coefficient (Wildman–Crippen LogP) is 1.99. The molecule has 0 bridgehead atoms. The van der Waals surface area contributed by atoms with E-state index in [1.165, 1.54) is 6.92 Å². The van der Waals surface area contributed by atoms with Crippen LogP contribution in [0.5, 0.6) is 0 Å². The molecule has 1 N–H and O–H groups in total. The Bertz CT molecular complexity index is 552. The molecule has 7 heteroatoms. The first kappa shape index (κ1) is 19.2. The average molecular weight is 386 g/mol. The Morgan fingerprint density at radius 3 is 1.91 bits per heavy atom. The molecule has 0 atom stereocenters. The maximum absolute atomic E-state index is 12.4. The molecule has 0 saturated heterocycles. The minimum absolute atomic E-state index is 0.0580. The maximum Gasteiger partial charge on any atom is 0.344 e. The van der Waals surface area contributed by atoms with E-state index in [0.29, 0.717) is 5.56 Å². The van der Waals surface area contributed by atoms with Crippen LogP contribution in [0, 0.1) is 0 Å². The lowest BCUT2D eigenvalue weighted by Crippen LogP contribution is -2.62. The van der Waals surface area contributed by atoms with Crippen molar-refractivity contribution in [2.75, 3.05) is 13.2 Å². The summed E-state index contributed by atoms with van der Waals surface area (Å²) in [7, 11) is 0. The number of rotatable bonds is 7. The van der Waals surface area contributed by atoms with E-state index in [2.05, 4.69) is 21.2 Å². The number of esters is 2. The van der Waals surface area contributed by atoms with E-state index in [-0.39, 0.29) is 19.6 Å². The summed E-state index contributed by atoms with van der Waals surface area (Å²) in [6, 6.07) is 7.06. The fourth-order valence-electron chi connectivity index (χ4n) is 2.09. The van der Waals surface area contributed by atoms with E-state index >= 15 is 0 Å². The molecule has 0 heterocycles. The van der Waals surface area contributed by atoms with Crippen molar-refractivity contribution in [3.63, 3.8) is 0 Å². The number of ether oxygens (including phenoxy) is 2. The molecule has 0 saturated carbocycles. The number of benzene rings is 1. The topological polar surface area (TPSA) is 81.7 Å². The Morgan fingerprint density at radius 1 is 1.04 bits per heavy atom. The van der Waals surface area contributed by atoms with Crippen LogP contribution in [0.25, 0.3) is 0 Å². The summed E-state index contributed by atoms with van der Waals surface area (Å²) in [6.45, 7) is 4.65. The van der Waals surface area contributed by atoms with Gasteiger partial charge in [-0.15, -0.1) is 0 Å². The summed E-state index contributed by atoms with van der Waals surface area (Å²) in [4.78, 5) is 36.5. The van der Waals surface area contributed by atoms with Crippen molar-refractivity contribution in [2.45, 2.75) is 32.7 Å². The van der Waals surface area contributed by atoms with Crippen LogP contribution in [0.2, 0.25) is 0 Å². The third-order valence-electron chi connectivity index (χ3n) is 3.02. The number of carbonyl (C=O) groups is 3. The molecule has 6 nitrogen and oxygen atoms in total. The van der Waals surface area contributed by atoms with E-state index < -0.39 is 23.4 Å². The van der Waals surface area contributed by atoms with Crippen molar-refractivity contribution in [2.24, 2.45) is 0 Å². The summed E-state index contributed by atoms with van der Waals surface area (Å²) in [5.41, 5.74) is -1.21. The molecule has 0 fully saturated rings. The molecule has 0 aliphatic carbocycles. The lowest BCUT2D eigenvalue weighted by atomic mass is 9.90. The predicted molar refractivity (Wildman–Crippen MR) is 87.7 cm³/mol. The molecule has 1 aromatic carbocycles. The van der Waals surface area contributed by atoms with Crippen LogP contribution >= 0.6 is 15.9 Å². The number of nitrogens with one attached hydrogen (secondary N) is 1. The maximum atomic E-state index is 12.4. The van der Waals surface area contributed by atoms with Gasteiger partial charge in [-0.3, -0.25) is 4.79 Å². The highest BCUT2D eigenvalue weighted by Gasteiger charge is 2.50. The molecule has 1 aromatic rings. The van der Waals surface area contributed by atoms with Gasteiger partial charge in [0.25, 0.3) is 0 Å². The van der Waals surface area contributed by atoms with Crippen LogP contribution in [0.4, 0.5) is 0 Å². The molecule has 126 valence electrons.